The summed E-state index contributed by atoms with van der Waals surface area (Å²) in [5.74, 6) is 2.24. The molecule has 20 heavy (non-hydrogen) atoms. The molecule has 0 amide bonds. The molecule has 0 aliphatic rings. The number of Topliss-reactive ketones (excluding diaryl/α,β-unsaturated/α-hetero) is 1. The molecule has 0 saturated carbocycles. The summed E-state index contributed by atoms with van der Waals surface area (Å²) >= 11 is 0. The predicted molar refractivity (Wildman–Crippen MR) is 82.7 cm³/mol. The van der Waals surface area contributed by atoms with Gasteiger partial charge in [0, 0.05) is 6.42 Å². The van der Waals surface area contributed by atoms with Crippen molar-refractivity contribution in [1.29, 1.82) is 0 Å². The molecule has 0 spiro atoms. The third-order valence-corrected chi connectivity index (χ3v) is 2.04. The molecule has 0 aliphatic carbocycles. The van der Waals surface area contributed by atoms with Crippen molar-refractivity contribution in [2.24, 2.45) is 0 Å². The smallest absolute Gasteiger partial charge is 0.163 e. The topological polar surface area (TPSA) is 26.3 Å². The highest BCUT2D eigenvalue weighted by Crippen LogP contribution is 2.20. The maximum absolute atomic E-state index is 12.9. The Morgan fingerprint density at radius 3 is 2.40 bits per heavy atom. The number of terminal acetylenes is 1. The van der Waals surface area contributed by atoms with E-state index in [0.29, 0.717) is 25.2 Å². The first-order valence-corrected chi connectivity index (χ1v) is 7.02. The Morgan fingerprint density at radius 2 is 1.90 bits per heavy atom. The van der Waals surface area contributed by atoms with E-state index in [1.165, 1.54) is 25.1 Å². The molecule has 0 heterocycles. The lowest BCUT2D eigenvalue weighted by atomic mass is 10.1. The van der Waals surface area contributed by atoms with E-state index >= 15 is 0 Å². The fraction of sp³-hybridized carbons (Fsp3) is 0.471. The van der Waals surface area contributed by atoms with Crippen molar-refractivity contribution in [3.63, 3.8) is 0 Å². The molecule has 0 atom stereocenters. The van der Waals surface area contributed by atoms with Crippen LogP contribution in [0, 0.1) is 18.2 Å². The van der Waals surface area contributed by atoms with Gasteiger partial charge in [-0.05, 0) is 31.5 Å². The second-order valence-electron chi connectivity index (χ2n) is 3.35. The van der Waals surface area contributed by atoms with Gasteiger partial charge in [-0.15, -0.1) is 12.3 Å². The Hall–Kier alpha value is -1.82. The zero-order valence-electron chi connectivity index (χ0n) is 13.1. The number of benzene rings is 1. The molecule has 1 aromatic carbocycles. The standard InChI is InChI=1S/C13H13FO2.2C2H6/c1-3-4-5-8-16-13-7-6-11(14)9-12(13)10(2)15;2*1-2/h1,6-7,9H,4-5,8H2,2H3;2*1-2H3. The van der Waals surface area contributed by atoms with Crippen LogP contribution in [0.3, 0.4) is 0 Å². The monoisotopic (exact) mass is 280 g/mol. The summed E-state index contributed by atoms with van der Waals surface area (Å²) in [5.41, 5.74) is 0.265. The first-order valence-electron chi connectivity index (χ1n) is 7.02. The molecule has 0 bridgehead atoms. The van der Waals surface area contributed by atoms with Gasteiger partial charge in [0.1, 0.15) is 11.6 Å². The van der Waals surface area contributed by atoms with Crippen molar-refractivity contribution in [2.75, 3.05) is 6.61 Å². The first-order chi connectivity index (χ1) is 9.65. The lowest BCUT2D eigenvalue weighted by Gasteiger charge is -2.08. The minimum Gasteiger partial charge on any atom is -0.493 e. The Morgan fingerprint density at radius 1 is 1.30 bits per heavy atom. The summed E-state index contributed by atoms with van der Waals surface area (Å²) in [6.07, 6.45) is 6.43. The van der Waals surface area contributed by atoms with Crippen LogP contribution in [0.25, 0.3) is 0 Å². The zero-order chi connectivity index (χ0) is 16.0. The van der Waals surface area contributed by atoms with Crippen LogP contribution in [0.4, 0.5) is 4.39 Å². The SMILES string of the molecule is C#CCCCOc1ccc(F)cc1C(C)=O.CC.CC. The van der Waals surface area contributed by atoms with Crippen LogP contribution in [0.15, 0.2) is 18.2 Å². The molecule has 112 valence electrons. The highest BCUT2D eigenvalue weighted by atomic mass is 19.1. The maximum atomic E-state index is 12.9. The number of hydrogen-bond acceptors (Lipinski definition) is 2. The van der Waals surface area contributed by atoms with Crippen molar-refractivity contribution >= 4 is 5.78 Å². The van der Waals surface area contributed by atoms with Crippen LogP contribution in [0.2, 0.25) is 0 Å². The van der Waals surface area contributed by atoms with Gasteiger partial charge in [-0.25, -0.2) is 4.39 Å². The quantitative estimate of drug-likeness (QED) is 0.437. The molecule has 2 nitrogen and oxygen atoms in total. The molecule has 0 aromatic heterocycles. The second-order valence-corrected chi connectivity index (χ2v) is 3.35. The van der Waals surface area contributed by atoms with Crippen molar-refractivity contribution in [1.82, 2.24) is 0 Å². The van der Waals surface area contributed by atoms with Crippen LogP contribution in [0.5, 0.6) is 5.75 Å². The lowest BCUT2D eigenvalue weighted by Crippen LogP contribution is -2.03. The number of unbranched alkanes of at least 4 members (excludes halogenated alkanes) is 1. The van der Waals surface area contributed by atoms with Gasteiger partial charge >= 0.3 is 0 Å². The predicted octanol–water partition coefficient (Wildman–Crippen LogP) is 4.87. The van der Waals surface area contributed by atoms with Crippen LogP contribution >= 0.6 is 0 Å². The van der Waals surface area contributed by atoms with E-state index in [9.17, 15) is 9.18 Å². The second kappa shape index (κ2) is 13.6. The average Bonchev–Trinajstić information content (AvgIpc) is 2.49. The molecule has 0 saturated heterocycles. The summed E-state index contributed by atoms with van der Waals surface area (Å²) in [6.45, 7) is 9.80. The van der Waals surface area contributed by atoms with Crippen LogP contribution < -0.4 is 4.74 Å². The summed E-state index contributed by atoms with van der Waals surface area (Å²) in [6, 6.07) is 3.91. The van der Waals surface area contributed by atoms with E-state index in [1.807, 2.05) is 27.7 Å². The van der Waals surface area contributed by atoms with E-state index in [0.717, 1.165) is 0 Å². The third-order valence-electron chi connectivity index (χ3n) is 2.04. The lowest BCUT2D eigenvalue weighted by molar-refractivity contribution is 0.101. The molecule has 0 N–H and O–H groups in total. The van der Waals surface area contributed by atoms with E-state index < -0.39 is 5.82 Å². The minimum absolute atomic E-state index is 0.216. The normalized spacial score (nSPS) is 8.25. The van der Waals surface area contributed by atoms with Crippen molar-refractivity contribution in [2.45, 2.75) is 47.5 Å². The number of carbonyl (C=O) groups excluding carboxylic acids is 1. The Labute approximate surface area is 122 Å². The summed E-state index contributed by atoms with van der Waals surface area (Å²) < 4.78 is 18.3. The molecule has 1 rings (SSSR count). The molecular formula is C17H25FO2. The molecule has 0 unspecified atom stereocenters. The van der Waals surface area contributed by atoms with Gasteiger partial charge in [0.15, 0.2) is 5.78 Å². The van der Waals surface area contributed by atoms with E-state index in [2.05, 4.69) is 5.92 Å². The number of ether oxygens (including phenoxy) is 1. The van der Waals surface area contributed by atoms with Crippen molar-refractivity contribution in [3.8, 4) is 18.1 Å². The fourth-order valence-electron chi connectivity index (χ4n) is 1.26. The maximum Gasteiger partial charge on any atom is 0.163 e. The molecule has 0 radical (unpaired) electrons. The summed E-state index contributed by atoms with van der Waals surface area (Å²) in [7, 11) is 0. The number of hydrogen-bond donors (Lipinski definition) is 0. The number of carbonyl (C=O) groups is 1. The van der Waals surface area contributed by atoms with Gasteiger partial charge < -0.3 is 4.74 Å². The average molecular weight is 280 g/mol. The summed E-state index contributed by atoms with van der Waals surface area (Å²) in [5, 5.41) is 0. The minimum atomic E-state index is -0.443. The summed E-state index contributed by atoms with van der Waals surface area (Å²) in [4.78, 5) is 11.2. The highest BCUT2D eigenvalue weighted by molar-refractivity contribution is 5.96. The molecule has 1 aromatic rings. The molecule has 0 fully saturated rings. The van der Waals surface area contributed by atoms with Crippen LogP contribution in [-0.4, -0.2) is 12.4 Å². The molecular weight excluding hydrogens is 255 g/mol. The van der Waals surface area contributed by atoms with Gasteiger partial charge in [-0.3, -0.25) is 4.79 Å². The van der Waals surface area contributed by atoms with E-state index in [1.54, 1.807) is 0 Å². The third kappa shape index (κ3) is 8.31. The van der Waals surface area contributed by atoms with Gasteiger partial charge in [0.25, 0.3) is 0 Å². The van der Waals surface area contributed by atoms with Gasteiger partial charge in [-0.1, -0.05) is 27.7 Å². The largest absolute Gasteiger partial charge is 0.493 e. The highest BCUT2D eigenvalue weighted by Gasteiger charge is 2.09. The van der Waals surface area contributed by atoms with Gasteiger partial charge in [-0.2, -0.15) is 0 Å². The van der Waals surface area contributed by atoms with Crippen LogP contribution in [-0.2, 0) is 0 Å². The zero-order valence-corrected chi connectivity index (χ0v) is 13.1. The number of ketones is 1. The molecule has 0 aliphatic heterocycles. The van der Waals surface area contributed by atoms with Gasteiger partial charge in [0.2, 0.25) is 0 Å². The number of rotatable bonds is 5. The van der Waals surface area contributed by atoms with Gasteiger partial charge in [0.05, 0.1) is 12.2 Å². The first kappa shape index (κ1) is 20.5. The van der Waals surface area contributed by atoms with Crippen LogP contribution in [0.1, 0.15) is 57.8 Å². The molecule has 3 heteroatoms. The van der Waals surface area contributed by atoms with E-state index in [4.69, 9.17) is 11.2 Å². The number of halogens is 1. The van der Waals surface area contributed by atoms with E-state index in [-0.39, 0.29) is 11.3 Å². The van der Waals surface area contributed by atoms with Crippen molar-refractivity contribution in [3.05, 3.63) is 29.6 Å². The fourth-order valence-corrected chi connectivity index (χ4v) is 1.26. The van der Waals surface area contributed by atoms with Crippen molar-refractivity contribution < 1.29 is 13.9 Å². The Kier molecular flexibility index (Phi) is 13.9. The Balaban J connectivity index is 0. The Bertz CT molecular complexity index is 419.